The van der Waals surface area contributed by atoms with Gasteiger partial charge in [-0.2, -0.15) is 0 Å². The Labute approximate surface area is 657 Å². The van der Waals surface area contributed by atoms with E-state index >= 15 is 0 Å². The lowest BCUT2D eigenvalue weighted by Gasteiger charge is -2.38. The third kappa shape index (κ3) is 26.3. The summed E-state index contributed by atoms with van der Waals surface area (Å²) in [4.78, 5) is 33.2. The van der Waals surface area contributed by atoms with E-state index in [0.29, 0.717) is 89.8 Å². The summed E-state index contributed by atoms with van der Waals surface area (Å²) in [5.41, 5.74) is 3.37. The minimum absolute atomic E-state index is 0.00547. The van der Waals surface area contributed by atoms with E-state index < -0.39 is 16.6 Å². The third-order valence-electron chi connectivity index (χ3n) is 25.8. The van der Waals surface area contributed by atoms with Gasteiger partial charge in [0.2, 0.25) is 0 Å². The number of methoxy groups -OCH3 is 3. The van der Waals surface area contributed by atoms with Gasteiger partial charge >= 0.3 is 17.9 Å². The van der Waals surface area contributed by atoms with E-state index in [4.69, 9.17) is 51.5 Å². The summed E-state index contributed by atoms with van der Waals surface area (Å²) in [5, 5.41) is 41.3. The lowest BCUT2D eigenvalue weighted by molar-refractivity contribution is -0.143. The largest absolute Gasteiger partial charge is 0.497 e. The van der Waals surface area contributed by atoms with Crippen LogP contribution < -0.4 is 14.2 Å². The number of carbonyl (C=O) groups excluding carboxylic acids is 3. The Bertz CT molecular complexity index is 3050. The van der Waals surface area contributed by atoms with E-state index in [0.717, 1.165) is 85.3 Å². The summed E-state index contributed by atoms with van der Waals surface area (Å²) in [7, 11) is 1.28. The predicted octanol–water partition coefficient (Wildman–Crippen LogP) is 17.8. The number of ether oxygens (including phenoxy) is 9. The molecule has 3 aromatic carbocycles. The van der Waals surface area contributed by atoms with Crippen LogP contribution in [0.2, 0.25) is 36.3 Å². The van der Waals surface area contributed by atoms with Crippen LogP contribution >= 0.6 is 0 Å². The van der Waals surface area contributed by atoms with Crippen LogP contribution in [0.1, 0.15) is 215 Å². The zero-order valence-electron chi connectivity index (χ0n) is 69.8. The number of aliphatic hydroxyl groups is 4. The van der Waals surface area contributed by atoms with Crippen molar-refractivity contribution in [3.05, 3.63) is 114 Å². The molecule has 0 spiro atoms. The molecule has 3 heterocycles. The quantitative estimate of drug-likeness (QED) is 0.0154. The first kappa shape index (κ1) is 91.2. The molecule has 0 unspecified atom stereocenters. The second kappa shape index (κ2) is 43.5. The molecule has 614 valence electrons. The zero-order chi connectivity index (χ0) is 79.8. The molecule has 109 heavy (non-hydrogen) atoms. The van der Waals surface area contributed by atoms with Gasteiger partial charge in [0.15, 0.2) is 16.6 Å². The summed E-state index contributed by atoms with van der Waals surface area (Å²) in [6.45, 7) is 36.5. The number of fused-ring (bicyclic) bond motifs is 3. The second-order valence-electron chi connectivity index (χ2n) is 34.9. The lowest BCUT2D eigenvalue weighted by Crippen LogP contribution is -2.43. The number of carbonyl (C=O) groups is 3. The first-order valence-electron chi connectivity index (χ1n) is 41.4. The lowest BCUT2D eigenvalue weighted by atomic mass is 9.90. The van der Waals surface area contributed by atoms with E-state index in [9.17, 15) is 34.8 Å². The van der Waals surface area contributed by atoms with E-state index in [-0.39, 0.29) is 136 Å². The monoisotopic (exact) mass is 1550 g/mol. The maximum Gasteiger partial charge on any atom is 0.306 e. The van der Waals surface area contributed by atoms with Crippen LogP contribution in [0.25, 0.3) is 0 Å². The fraction of sp³-hybridized carbons (Fsp3) is 0.719. The van der Waals surface area contributed by atoms with Crippen molar-refractivity contribution >= 4 is 34.5 Å². The molecule has 0 radical (unpaired) electrons. The summed E-state index contributed by atoms with van der Waals surface area (Å²) in [6.07, 6.45) is 25.0. The third-order valence-corrected chi connectivity index (χ3v) is 34.8. The minimum atomic E-state index is -1.87. The highest BCUT2D eigenvalue weighted by molar-refractivity contribution is 6.74. The molecule has 0 amide bonds. The molecule has 0 aromatic heterocycles. The number of unbranched alkanes of at least 4 members (excludes halogenated alkanes) is 4. The Morgan fingerprint density at radius 1 is 0.404 bits per heavy atom. The van der Waals surface area contributed by atoms with Crippen LogP contribution in [0.5, 0.6) is 17.2 Å². The molecule has 3 aromatic rings. The zero-order valence-corrected chi connectivity index (χ0v) is 71.8. The van der Waals surface area contributed by atoms with Gasteiger partial charge in [0.25, 0.3) is 0 Å². The summed E-state index contributed by atoms with van der Waals surface area (Å²) >= 11 is 0. The highest BCUT2D eigenvalue weighted by atomic mass is 28.4. The van der Waals surface area contributed by atoms with Crippen molar-refractivity contribution in [2.75, 3.05) is 34.5 Å². The van der Waals surface area contributed by atoms with Crippen molar-refractivity contribution in [3.8, 4) is 17.2 Å². The van der Waals surface area contributed by atoms with Crippen LogP contribution in [0.15, 0.2) is 97.1 Å². The van der Waals surface area contributed by atoms with Gasteiger partial charge in [0.1, 0.15) is 35.6 Å². The van der Waals surface area contributed by atoms with Gasteiger partial charge in [-0.25, -0.2) is 0 Å². The number of benzene rings is 3. The average molecular weight is 1560 g/mol. The van der Waals surface area contributed by atoms with Gasteiger partial charge in [0.05, 0.1) is 103 Å². The molecule has 5 saturated carbocycles. The molecular formula is C89H142O18Si2. The molecule has 5 aliphatic carbocycles. The number of allylic oxidation sites excluding steroid dienone is 4. The smallest absolute Gasteiger partial charge is 0.306 e. The van der Waals surface area contributed by atoms with Gasteiger partial charge in [-0.3, -0.25) is 14.4 Å². The van der Waals surface area contributed by atoms with Gasteiger partial charge in [0, 0.05) is 74.9 Å². The molecule has 18 nitrogen and oxygen atoms in total. The van der Waals surface area contributed by atoms with Crippen molar-refractivity contribution < 1.29 is 86.3 Å². The average Bonchev–Trinajstić information content (AvgIpc) is 1.52. The number of rotatable bonds is 31. The summed E-state index contributed by atoms with van der Waals surface area (Å²) in [5.74, 6) is 5.01. The molecule has 8 aliphatic rings. The minimum Gasteiger partial charge on any atom is -0.497 e. The van der Waals surface area contributed by atoms with Gasteiger partial charge in [-0.15, -0.1) is 0 Å². The van der Waals surface area contributed by atoms with E-state index in [1.54, 1.807) is 21.3 Å². The molecule has 11 rings (SSSR count). The van der Waals surface area contributed by atoms with Crippen LogP contribution in [-0.2, 0) is 71.5 Å². The van der Waals surface area contributed by atoms with Crippen molar-refractivity contribution in [3.63, 3.8) is 0 Å². The predicted molar refractivity (Wildman–Crippen MR) is 434 cm³/mol. The number of hydrogen-bond acceptors (Lipinski definition) is 18. The maximum atomic E-state index is 11.4. The first-order valence-corrected chi connectivity index (χ1v) is 47.3. The molecule has 8 fully saturated rings. The second-order valence-corrected chi connectivity index (χ2v) is 44.6. The molecule has 3 aliphatic heterocycles. The van der Waals surface area contributed by atoms with Crippen LogP contribution in [-0.4, -0.2) is 151 Å². The first-order chi connectivity index (χ1) is 51.8. The molecule has 20 heteroatoms. The van der Waals surface area contributed by atoms with Gasteiger partial charge < -0.3 is 71.9 Å². The Balaban J connectivity index is 0.000000199. The number of hydrogen-bond donors (Lipinski definition) is 4. The summed E-state index contributed by atoms with van der Waals surface area (Å²) < 4.78 is 63.3. The molecule has 4 N–H and O–H groups in total. The molecular weight excluding hydrogens is 1410 g/mol. The fourth-order valence-corrected chi connectivity index (χ4v) is 18.9. The van der Waals surface area contributed by atoms with E-state index in [1.807, 2.05) is 72.8 Å². The van der Waals surface area contributed by atoms with Crippen molar-refractivity contribution in [2.45, 2.75) is 315 Å². The topological polar surface area (TPSA) is 234 Å². The Morgan fingerprint density at radius 3 is 0.991 bits per heavy atom. The van der Waals surface area contributed by atoms with Crippen LogP contribution in [0, 0.1) is 59.2 Å². The maximum absolute atomic E-state index is 11.4. The number of esters is 3. The molecule has 3 saturated heterocycles. The molecule has 20 atom stereocenters. The summed E-state index contributed by atoms with van der Waals surface area (Å²) in [6, 6.07) is 24.0. The highest BCUT2D eigenvalue weighted by Gasteiger charge is 2.53. The van der Waals surface area contributed by atoms with Gasteiger partial charge in [-0.1, -0.05) is 182 Å². The van der Waals surface area contributed by atoms with E-state index in [2.05, 4.69) is 127 Å². The van der Waals surface area contributed by atoms with Crippen molar-refractivity contribution in [1.82, 2.24) is 0 Å². The number of aliphatic hydroxyl groups excluding tert-OH is 4. The van der Waals surface area contributed by atoms with Crippen molar-refractivity contribution in [1.29, 1.82) is 0 Å². The SMILES string of the molecule is CCCC/C=C\C[C@@H]1[C@@H](CO[Si](C)(C)C(C)(C)C)[C@H](OCc2ccc(OC)cc2)C[C@@H]1O.CCCC/C=C\C[C@@H]1[C@@H](CO[Si](C)(C)C(C)(C)C)[C@H](OCc2ccc(OC)cc2)C[C@@H]1O.CC[C@@H]1[C@H]2CC(=O)O[C@H]2C[C@H]1O.CC[C@@H]1[C@H]2CC(=O)O[C@H]2C[C@H]1O.CC[C@@H]1[C@H]2CC(=O)O[C@H]2C[C@H]1OCc1ccc(OC)cc1. The van der Waals surface area contributed by atoms with E-state index in [1.165, 1.54) is 25.7 Å². The Morgan fingerprint density at radius 2 is 0.697 bits per heavy atom. The highest BCUT2D eigenvalue weighted by Crippen LogP contribution is 2.48. The van der Waals surface area contributed by atoms with Crippen molar-refractivity contribution in [2.24, 2.45) is 59.2 Å². The van der Waals surface area contributed by atoms with Crippen LogP contribution in [0.4, 0.5) is 0 Å². The Hall–Kier alpha value is -4.98. The standard InChI is InChI=1S/2C27H46O4Si.C17H22O4.2C9H14O3/c2*1-8-9-10-11-12-13-23-24(20-31-32(6,7)27(2,3)4)26(18-25(23)28)30-19-21-14-16-22(29-5)17-15-21;1-3-13-14-8-17(18)21-16(14)9-15(13)20-10-11-4-6-12(19-2)7-5-11;2*1-2-5-6-3-9(11)12-8(6)4-7(5)10/h2*11-12,14-17,23-26,28H,8-10,13,18-20H2,1-7H3;4-7,13-16H,3,8-10H2,1-2H3;2*5-8,10H,2-4H2,1H3/b2*12-11-;;;/t2*23-,24-,25+,26-;13-,14-,15-,16+;2*5-,6-,7-,8+/m11111/s1. The fourth-order valence-electron chi connectivity index (χ4n) is 16.8. The Kier molecular flexibility index (Phi) is 36.4. The molecule has 0 bridgehead atoms. The normalized spacial score (nSPS) is 30.4. The van der Waals surface area contributed by atoms with Crippen LogP contribution in [0.3, 0.4) is 0 Å². The van der Waals surface area contributed by atoms with Gasteiger partial charge in [-0.05, 0) is 145 Å².